The third kappa shape index (κ3) is 3.42. The van der Waals surface area contributed by atoms with Gasteiger partial charge in [0.25, 0.3) is 5.91 Å². The van der Waals surface area contributed by atoms with Gasteiger partial charge in [-0.1, -0.05) is 54.6 Å². The van der Waals surface area contributed by atoms with E-state index in [0.717, 1.165) is 11.1 Å². The van der Waals surface area contributed by atoms with Gasteiger partial charge in [-0.05, 0) is 23.8 Å². The summed E-state index contributed by atoms with van der Waals surface area (Å²) in [7, 11) is 1.70. The lowest BCUT2D eigenvalue weighted by Crippen LogP contribution is -2.26. The van der Waals surface area contributed by atoms with Gasteiger partial charge in [-0.3, -0.25) is 4.79 Å². The highest BCUT2D eigenvalue weighted by Gasteiger charge is 2.18. The molecule has 0 aliphatic heterocycles. The van der Waals surface area contributed by atoms with Gasteiger partial charge in [0, 0.05) is 30.3 Å². The number of nitrogens with zero attached hydrogens (tertiary/aromatic N) is 2. The topological polar surface area (TPSA) is 64.3 Å². The molecule has 4 nitrogen and oxygen atoms in total. The van der Waals surface area contributed by atoms with E-state index in [2.05, 4.69) is 6.07 Å². The van der Waals surface area contributed by atoms with Gasteiger partial charge in [-0.2, -0.15) is 5.26 Å². The molecule has 3 aromatic carbocycles. The molecular weight excluding hydrogens is 324 g/mol. The zero-order chi connectivity index (χ0) is 18.5. The lowest BCUT2D eigenvalue weighted by atomic mass is 9.95. The average molecular weight is 342 g/mol. The highest BCUT2D eigenvalue weighted by atomic mass is 16.3. The first-order chi connectivity index (χ1) is 12.6. The summed E-state index contributed by atoms with van der Waals surface area (Å²) in [6, 6.07) is 23.6. The summed E-state index contributed by atoms with van der Waals surface area (Å²) in [5.74, 6) is -0.00754. The van der Waals surface area contributed by atoms with Gasteiger partial charge in [0.15, 0.2) is 0 Å². The fourth-order valence-electron chi connectivity index (χ4n) is 2.90. The lowest BCUT2D eigenvalue weighted by Gasteiger charge is -2.20. The van der Waals surface area contributed by atoms with E-state index in [4.69, 9.17) is 0 Å². The minimum atomic E-state index is -0.170. The Labute approximate surface area is 152 Å². The van der Waals surface area contributed by atoms with Crippen molar-refractivity contribution in [2.24, 2.45) is 0 Å². The molecule has 0 aliphatic rings. The second kappa shape index (κ2) is 7.54. The summed E-state index contributed by atoms with van der Waals surface area (Å²) in [4.78, 5) is 14.6. The number of nitriles is 1. The second-order valence-electron chi connectivity index (χ2n) is 5.99. The van der Waals surface area contributed by atoms with Crippen LogP contribution in [-0.2, 0) is 6.54 Å². The van der Waals surface area contributed by atoms with Crippen LogP contribution >= 0.6 is 0 Å². The molecule has 0 heterocycles. The van der Waals surface area contributed by atoms with Crippen molar-refractivity contribution in [3.63, 3.8) is 0 Å². The molecule has 3 aromatic rings. The number of amides is 1. The molecule has 26 heavy (non-hydrogen) atoms. The Morgan fingerprint density at radius 2 is 1.58 bits per heavy atom. The van der Waals surface area contributed by atoms with Crippen LogP contribution in [-0.4, -0.2) is 23.0 Å². The van der Waals surface area contributed by atoms with Crippen LogP contribution in [0.25, 0.3) is 11.1 Å². The fraction of sp³-hybridized carbons (Fsp3) is 0.0909. The second-order valence-corrected chi connectivity index (χ2v) is 5.99. The first kappa shape index (κ1) is 17.2. The van der Waals surface area contributed by atoms with E-state index in [9.17, 15) is 15.2 Å². The van der Waals surface area contributed by atoms with Crippen LogP contribution in [0.3, 0.4) is 0 Å². The normalized spacial score (nSPS) is 10.2. The number of phenolic OH excluding ortho intramolecular Hbond substituents is 1. The molecule has 0 saturated heterocycles. The quantitative estimate of drug-likeness (QED) is 0.773. The maximum atomic E-state index is 13.0. The molecule has 3 rings (SSSR count). The molecule has 0 saturated carbocycles. The number of phenols is 1. The first-order valence-electron chi connectivity index (χ1n) is 8.22. The number of carbonyl (C=O) groups is 1. The summed E-state index contributed by atoms with van der Waals surface area (Å²) in [5.41, 5.74) is 3.18. The van der Waals surface area contributed by atoms with Gasteiger partial charge in [0.1, 0.15) is 5.75 Å². The SMILES string of the molecule is CN(Cc1ccccc1O)C(=O)c1ccccc1-c1ccccc1C#N. The van der Waals surface area contributed by atoms with E-state index in [-0.39, 0.29) is 11.7 Å². The molecule has 0 unspecified atom stereocenters. The van der Waals surface area contributed by atoms with E-state index in [1.807, 2.05) is 30.3 Å². The van der Waals surface area contributed by atoms with Crippen molar-refractivity contribution in [2.75, 3.05) is 7.05 Å². The molecule has 0 radical (unpaired) electrons. The van der Waals surface area contributed by atoms with Crippen molar-refractivity contribution >= 4 is 5.91 Å². The Morgan fingerprint density at radius 3 is 2.31 bits per heavy atom. The van der Waals surface area contributed by atoms with Crippen molar-refractivity contribution in [3.05, 3.63) is 89.5 Å². The molecule has 0 aliphatic carbocycles. The summed E-state index contributed by atoms with van der Waals surface area (Å²) in [5, 5.41) is 19.3. The fourth-order valence-corrected chi connectivity index (χ4v) is 2.90. The van der Waals surface area contributed by atoms with E-state index < -0.39 is 0 Å². The van der Waals surface area contributed by atoms with Crippen LogP contribution in [0, 0.1) is 11.3 Å². The van der Waals surface area contributed by atoms with Crippen molar-refractivity contribution in [1.29, 1.82) is 5.26 Å². The van der Waals surface area contributed by atoms with E-state index in [1.165, 1.54) is 0 Å². The number of hydrogen-bond donors (Lipinski definition) is 1. The lowest BCUT2D eigenvalue weighted by molar-refractivity contribution is 0.0785. The molecule has 1 N–H and O–H groups in total. The molecule has 0 spiro atoms. The van der Waals surface area contributed by atoms with Gasteiger partial charge >= 0.3 is 0 Å². The molecule has 4 heteroatoms. The number of carbonyl (C=O) groups excluding carboxylic acids is 1. The van der Waals surface area contributed by atoms with Crippen LogP contribution in [0.15, 0.2) is 72.8 Å². The third-order valence-corrected chi connectivity index (χ3v) is 4.24. The van der Waals surface area contributed by atoms with Crippen LogP contribution in [0.5, 0.6) is 5.75 Å². The number of hydrogen-bond acceptors (Lipinski definition) is 3. The largest absolute Gasteiger partial charge is 0.508 e. The number of para-hydroxylation sites is 1. The van der Waals surface area contributed by atoms with Crippen molar-refractivity contribution in [2.45, 2.75) is 6.54 Å². The predicted octanol–water partition coefficient (Wildman–Crippen LogP) is 4.20. The Balaban J connectivity index is 1.96. The van der Waals surface area contributed by atoms with E-state index in [0.29, 0.717) is 23.2 Å². The van der Waals surface area contributed by atoms with Crippen molar-refractivity contribution in [1.82, 2.24) is 4.90 Å². The Kier molecular flexibility index (Phi) is 5.00. The Hall–Kier alpha value is -3.58. The number of aromatic hydroxyl groups is 1. The maximum Gasteiger partial charge on any atom is 0.254 e. The maximum absolute atomic E-state index is 13.0. The smallest absolute Gasteiger partial charge is 0.254 e. The van der Waals surface area contributed by atoms with Crippen LogP contribution in [0.2, 0.25) is 0 Å². The van der Waals surface area contributed by atoms with Crippen LogP contribution in [0.4, 0.5) is 0 Å². The highest BCUT2D eigenvalue weighted by molar-refractivity contribution is 6.01. The van der Waals surface area contributed by atoms with Crippen LogP contribution in [0.1, 0.15) is 21.5 Å². The van der Waals surface area contributed by atoms with Gasteiger partial charge in [0.2, 0.25) is 0 Å². The van der Waals surface area contributed by atoms with E-state index in [1.54, 1.807) is 54.4 Å². The average Bonchev–Trinajstić information content (AvgIpc) is 2.69. The zero-order valence-electron chi connectivity index (χ0n) is 14.4. The predicted molar refractivity (Wildman–Crippen MR) is 100 cm³/mol. The zero-order valence-corrected chi connectivity index (χ0v) is 14.4. The third-order valence-electron chi connectivity index (χ3n) is 4.24. The summed E-state index contributed by atoms with van der Waals surface area (Å²) >= 11 is 0. The number of benzene rings is 3. The monoisotopic (exact) mass is 342 g/mol. The number of rotatable bonds is 4. The van der Waals surface area contributed by atoms with Gasteiger partial charge in [-0.25, -0.2) is 0 Å². The molecular formula is C22H18N2O2. The molecule has 128 valence electrons. The minimum absolute atomic E-state index is 0.162. The minimum Gasteiger partial charge on any atom is -0.508 e. The molecule has 0 bridgehead atoms. The van der Waals surface area contributed by atoms with Gasteiger partial charge in [0.05, 0.1) is 11.6 Å². The summed E-state index contributed by atoms with van der Waals surface area (Å²) in [6.45, 7) is 0.291. The van der Waals surface area contributed by atoms with Crippen LogP contribution < -0.4 is 0 Å². The Bertz CT molecular complexity index is 989. The van der Waals surface area contributed by atoms with Gasteiger partial charge < -0.3 is 10.0 Å². The Morgan fingerprint density at radius 1 is 0.962 bits per heavy atom. The summed E-state index contributed by atoms with van der Waals surface area (Å²) < 4.78 is 0. The standard InChI is InChI=1S/C22H18N2O2/c1-24(15-17-9-3-7-13-21(17)25)22(26)20-12-6-5-11-19(20)18-10-4-2-8-16(18)14-23/h2-13,25H,15H2,1H3. The van der Waals surface area contributed by atoms with Crippen molar-refractivity contribution < 1.29 is 9.90 Å². The molecule has 0 atom stereocenters. The van der Waals surface area contributed by atoms with Gasteiger partial charge in [-0.15, -0.1) is 0 Å². The molecule has 0 aromatic heterocycles. The van der Waals surface area contributed by atoms with Crippen molar-refractivity contribution in [3.8, 4) is 22.9 Å². The van der Waals surface area contributed by atoms with E-state index >= 15 is 0 Å². The molecule has 1 amide bonds. The summed E-state index contributed by atoms with van der Waals surface area (Å²) in [6.07, 6.45) is 0. The highest BCUT2D eigenvalue weighted by Crippen LogP contribution is 2.28. The first-order valence-corrected chi connectivity index (χ1v) is 8.22. The molecule has 0 fully saturated rings.